The van der Waals surface area contributed by atoms with Crippen LogP contribution in [0.3, 0.4) is 0 Å². The van der Waals surface area contributed by atoms with Gasteiger partial charge < -0.3 is 0 Å². The smallest absolute Gasteiger partial charge is 0.159 e. The van der Waals surface area contributed by atoms with Gasteiger partial charge in [0.05, 0.1) is 5.69 Å². The van der Waals surface area contributed by atoms with Gasteiger partial charge in [0.25, 0.3) is 0 Å². The number of aryl methyl sites for hydroxylation is 1. The molecule has 1 aromatic rings. The summed E-state index contributed by atoms with van der Waals surface area (Å²) < 4.78 is 0. The van der Waals surface area contributed by atoms with Crippen LogP contribution in [-0.2, 0) is 0 Å². The van der Waals surface area contributed by atoms with Gasteiger partial charge in [-0.15, -0.1) is 0 Å². The van der Waals surface area contributed by atoms with Crippen LogP contribution in [0, 0.1) is 6.92 Å². The van der Waals surface area contributed by atoms with E-state index in [2.05, 4.69) is 23.3 Å². The minimum atomic E-state index is 0.581. The number of aliphatic imine (C=N–C) groups is 2. The van der Waals surface area contributed by atoms with Crippen LogP contribution in [0.1, 0.15) is 12.5 Å². The van der Waals surface area contributed by atoms with E-state index >= 15 is 0 Å². The summed E-state index contributed by atoms with van der Waals surface area (Å²) in [7, 11) is 0. The lowest BCUT2D eigenvalue weighted by molar-refractivity contribution is 1.38. The van der Waals surface area contributed by atoms with Gasteiger partial charge in [-0.3, -0.25) is 0 Å². The van der Waals surface area contributed by atoms with Crippen molar-refractivity contribution in [3.8, 4) is 0 Å². The van der Waals surface area contributed by atoms with Gasteiger partial charge >= 0.3 is 0 Å². The molecule has 0 aromatic heterocycles. The van der Waals surface area contributed by atoms with Crippen LogP contribution < -0.4 is 0 Å². The Morgan fingerprint density at radius 2 is 2.00 bits per heavy atom. The molecule has 0 spiro atoms. The van der Waals surface area contributed by atoms with Gasteiger partial charge in [-0.1, -0.05) is 49.1 Å². The van der Waals surface area contributed by atoms with Crippen molar-refractivity contribution in [2.45, 2.75) is 13.8 Å². The van der Waals surface area contributed by atoms with Crippen molar-refractivity contribution >= 4 is 18.2 Å². The van der Waals surface area contributed by atoms with Crippen molar-refractivity contribution in [2.24, 2.45) is 9.98 Å². The topological polar surface area (TPSA) is 24.7 Å². The van der Waals surface area contributed by atoms with Gasteiger partial charge in [-0.25, -0.2) is 9.98 Å². The van der Waals surface area contributed by atoms with Crippen molar-refractivity contribution in [1.29, 1.82) is 0 Å². The van der Waals surface area contributed by atoms with Crippen LogP contribution in [0.25, 0.3) is 0 Å². The molecular formula is C16H18N2. The Hall–Kier alpha value is -2.22. The third kappa shape index (κ3) is 3.67. The molecule has 1 rings (SSSR count). The average Bonchev–Trinajstić information content (AvgIpc) is 2.40. The quantitative estimate of drug-likeness (QED) is 0.421. The van der Waals surface area contributed by atoms with E-state index in [1.54, 1.807) is 6.08 Å². The number of para-hydroxylation sites is 1. The zero-order valence-electron chi connectivity index (χ0n) is 10.9. The van der Waals surface area contributed by atoms with Gasteiger partial charge in [0.1, 0.15) is 0 Å². The Morgan fingerprint density at radius 1 is 1.28 bits per heavy atom. The van der Waals surface area contributed by atoms with E-state index < -0.39 is 0 Å². The van der Waals surface area contributed by atoms with Crippen LogP contribution in [0.15, 0.2) is 70.7 Å². The summed E-state index contributed by atoms with van der Waals surface area (Å²) in [6.07, 6.45) is 7.51. The zero-order chi connectivity index (χ0) is 13.4. The van der Waals surface area contributed by atoms with E-state index in [-0.39, 0.29) is 0 Å². The van der Waals surface area contributed by atoms with Crippen molar-refractivity contribution in [3.63, 3.8) is 0 Å². The fourth-order valence-corrected chi connectivity index (χ4v) is 1.43. The van der Waals surface area contributed by atoms with Gasteiger partial charge in [0.15, 0.2) is 5.84 Å². The Morgan fingerprint density at radius 3 is 2.56 bits per heavy atom. The van der Waals surface area contributed by atoms with Crippen molar-refractivity contribution in [1.82, 2.24) is 0 Å². The Kier molecular flexibility index (Phi) is 5.52. The fourth-order valence-electron chi connectivity index (χ4n) is 1.43. The molecule has 2 nitrogen and oxygen atoms in total. The second kappa shape index (κ2) is 7.17. The Labute approximate surface area is 109 Å². The SMILES string of the molecule is C=C/C(=C\C=C/C)C(N=C)=Nc1ccccc1C. The van der Waals surface area contributed by atoms with Gasteiger partial charge in [0, 0.05) is 5.57 Å². The average molecular weight is 238 g/mol. The number of nitrogens with zero attached hydrogens (tertiary/aromatic N) is 2. The molecule has 0 saturated carbocycles. The molecule has 0 aliphatic carbocycles. The van der Waals surface area contributed by atoms with Gasteiger partial charge in [-0.05, 0) is 32.2 Å². The Bertz CT molecular complexity index is 520. The van der Waals surface area contributed by atoms with Crippen LogP contribution in [0.4, 0.5) is 5.69 Å². The molecule has 2 heteroatoms. The van der Waals surface area contributed by atoms with E-state index in [4.69, 9.17) is 0 Å². The molecule has 0 radical (unpaired) electrons. The number of hydrogen-bond donors (Lipinski definition) is 0. The summed E-state index contributed by atoms with van der Waals surface area (Å²) in [4.78, 5) is 8.49. The second-order valence-corrected chi connectivity index (χ2v) is 3.73. The summed E-state index contributed by atoms with van der Waals surface area (Å²) in [6, 6.07) is 7.91. The maximum absolute atomic E-state index is 4.51. The number of benzene rings is 1. The lowest BCUT2D eigenvalue weighted by Crippen LogP contribution is -1.96. The van der Waals surface area contributed by atoms with Crippen molar-refractivity contribution < 1.29 is 0 Å². The molecule has 0 aliphatic rings. The number of amidine groups is 1. The first-order valence-corrected chi connectivity index (χ1v) is 5.79. The minimum absolute atomic E-state index is 0.581. The highest BCUT2D eigenvalue weighted by molar-refractivity contribution is 6.04. The number of hydrogen-bond acceptors (Lipinski definition) is 1. The molecule has 1 aromatic carbocycles. The molecule has 0 saturated heterocycles. The highest BCUT2D eigenvalue weighted by atomic mass is 14.9. The van der Waals surface area contributed by atoms with Crippen LogP contribution in [0.2, 0.25) is 0 Å². The minimum Gasteiger partial charge on any atom is -0.245 e. The molecular weight excluding hydrogens is 220 g/mol. The molecule has 0 aliphatic heterocycles. The van der Waals surface area contributed by atoms with Crippen LogP contribution in [-0.4, -0.2) is 12.6 Å². The van der Waals surface area contributed by atoms with Crippen LogP contribution in [0.5, 0.6) is 0 Å². The molecule has 0 bridgehead atoms. The largest absolute Gasteiger partial charge is 0.245 e. The van der Waals surface area contributed by atoms with Gasteiger partial charge in [0.2, 0.25) is 0 Å². The lowest BCUT2D eigenvalue weighted by atomic mass is 10.2. The standard InChI is InChI=1S/C16H18N2/c1-5-7-11-14(6-2)16(17-4)18-15-12-9-8-10-13(15)3/h5-12H,2,4H2,1,3H3/b7-5-,14-11+,18-16?. The lowest BCUT2D eigenvalue weighted by Gasteiger charge is -2.03. The predicted molar refractivity (Wildman–Crippen MR) is 80.9 cm³/mol. The normalized spacial score (nSPS) is 12.8. The highest BCUT2D eigenvalue weighted by Crippen LogP contribution is 2.19. The third-order valence-electron chi connectivity index (χ3n) is 2.44. The molecule has 0 fully saturated rings. The molecule has 18 heavy (non-hydrogen) atoms. The maximum Gasteiger partial charge on any atom is 0.159 e. The van der Waals surface area contributed by atoms with Crippen molar-refractivity contribution in [2.75, 3.05) is 0 Å². The molecule has 0 atom stereocenters. The Balaban J connectivity index is 3.21. The summed E-state index contributed by atoms with van der Waals surface area (Å²) in [5, 5.41) is 0. The molecule has 0 unspecified atom stereocenters. The zero-order valence-corrected chi connectivity index (χ0v) is 10.9. The summed E-state index contributed by atoms with van der Waals surface area (Å²) >= 11 is 0. The monoisotopic (exact) mass is 238 g/mol. The first-order valence-electron chi connectivity index (χ1n) is 5.79. The third-order valence-corrected chi connectivity index (χ3v) is 2.44. The maximum atomic E-state index is 4.51. The van der Waals surface area contributed by atoms with E-state index in [0.29, 0.717) is 5.84 Å². The predicted octanol–water partition coefficient (Wildman–Crippen LogP) is 4.41. The summed E-state index contributed by atoms with van der Waals surface area (Å²) in [5.74, 6) is 0.581. The molecule has 0 N–H and O–H groups in total. The highest BCUT2D eigenvalue weighted by Gasteiger charge is 2.02. The second-order valence-electron chi connectivity index (χ2n) is 3.73. The van der Waals surface area contributed by atoms with E-state index in [0.717, 1.165) is 16.8 Å². The van der Waals surface area contributed by atoms with Crippen LogP contribution >= 0.6 is 0 Å². The molecule has 0 heterocycles. The van der Waals surface area contributed by atoms with Gasteiger partial charge in [-0.2, -0.15) is 0 Å². The number of rotatable bonds is 4. The van der Waals surface area contributed by atoms with Crippen molar-refractivity contribution in [3.05, 3.63) is 66.3 Å². The first-order chi connectivity index (χ1) is 8.72. The molecule has 0 amide bonds. The fraction of sp³-hybridized carbons (Fsp3) is 0.125. The molecule has 92 valence electrons. The van der Waals surface area contributed by atoms with E-state index in [1.807, 2.05) is 56.3 Å². The summed E-state index contributed by atoms with van der Waals surface area (Å²) in [5.41, 5.74) is 2.85. The first kappa shape index (κ1) is 13.8. The van der Waals surface area contributed by atoms with E-state index in [9.17, 15) is 0 Å². The summed E-state index contributed by atoms with van der Waals surface area (Å²) in [6.45, 7) is 11.3. The number of allylic oxidation sites excluding steroid dienone is 3. The van der Waals surface area contributed by atoms with E-state index in [1.165, 1.54) is 0 Å².